The van der Waals surface area contributed by atoms with E-state index in [0.29, 0.717) is 22.7 Å². The first kappa shape index (κ1) is 20.5. The van der Waals surface area contributed by atoms with Gasteiger partial charge in [-0.25, -0.2) is 0 Å². The first-order valence-electron chi connectivity index (χ1n) is 12.4. The van der Waals surface area contributed by atoms with E-state index in [1.807, 2.05) is 5.57 Å². The third kappa shape index (κ3) is 3.18. The molecule has 0 aromatic rings. The smallest absolute Gasteiger partial charge is 0.00476 e. The van der Waals surface area contributed by atoms with Crippen molar-refractivity contribution in [1.29, 1.82) is 0 Å². The molecule has 0 heteroatoms. The summed E-state index contributed by atoms with van der Waals surface area (Å²) in [5.74, 6) is 4.70. The molecule has 0 amide bonds. The van der Waals surface area contributed by atoms with E-state index in [1.54, 1.807) is 5.57 Å². The molecule has 0 bridgehead atoms. The first-order chi connectivity index (χ1) is 13.3. The van der Waals surface area contributed by atoms with Gasteiger partial charge in [-0.2, -0.15) is 0 Å². The molecule has 0 aromatic carbocycles. The second-order valence-corrected chi connectivity index (χ2v) is 11.7. The van der Waals surface area contributed by atoms with Crippen molar-refractivity contribution in [1.82, 2.24) is 0 Å². The molecule has 0 saturated heterocycles. The average molecular weight is 381 g/mol. The third-order valence-corrected chi connectivity index (χ3v) is 9.96. The van der Waals surface area contributed by atoms with Crippen LogP contribution in [0.1, 0.15) is 92.9 Å². The molecular weight excluding hydrogens is 336 g/mol. The van der Waals surface area contributed by atoms with Gasteiger partial charge in [0.25, 0.3) is 0 Å². The van der Waals surface area contributed by atoms with E-state index in [9.17, 15) is 0 Å². The van der Waals surface area contributed by atoms with E-state index in [0.717, 1.165) is 23.7 Å². The van der Waals surface area contributed by atoms with E-state index >= 15 is 0 Å². The predicted molar refractivity (Wildman–Crippen MR) is 122 cm³/mol. The van der Waals surface area contributed by atoms with Gasteiger partial charge in [0.15, 0.2) is 0 Å². The van der Waals surface area contributed by atoms with Crippen molar-refractivity contribution in [3.8, 4) is 0 Å². The summed E-state index contributed by atoms with van der Waals surface area (Å²) in [6, 6.07) is 0. The molecule has 0 aromatic heterocycles. The second-order valence-electron chi connectivity index (χ2n) is 11.7. The van der Waals surface area contributed by atoms with Crippen LogP contribution in [0, 0.1) is 46.3 Å². The molecule has 3 saturated carbocycles. The molecule has 156 valence electrons. The molecule has 0 unspecified atom stereocenters. The van der Waals surface area contributed by atoms with Gasteiger partial charge in [-0.15, -0.1) is 0 Å². The van der Waals surface area contributed by atoms with E-state index in [-0.39, 0.29) is 0 Å². The average Bonchev–Trinajstić information content (AvgIpc) is 3.02. The summed E-state index contributed by atoms with van der Waals surface area (Å²) < 4.78 is 0. The summed E-state index contributed by atoms with van der Waals surface area (Å²) in [5, 5.41) is 0. The first-order valence-corrected chi connectivity index (χ1v) is 12.4. The Morgan fingerprint density at radius 2 is 1.68 bits per heavy atom. The van der Waals surface area contributed by atoms with Gasteiger partial charge in [0.1, 0.15) is 0 Å². The summed E-state index contributed by atoms with van der Waals surface area (Å²) in [5.41, 5.74) is 4.64. The zero-order valence-electron chi connectivity index (χ0n) is 19.4. The van der Waals surface area contributed by atoms with Crippen LogP contribution in [0.4, 0.5) is 0 Å². The van der Waals surface area contributed by atoms with Gasteiger partial charge >= 0.3 is 0 Å². The Bertz CT molecular complexity index is 676. The third-order valence-electron chi connectivity index (χ3n) is 9.96. The van der Waals surface area contributed by atoms with Gasteiger partial charge in [0.2, 0.25) is 0 Å². The minimum absolute atomic E-state index is 0.486. The highest BCUT2D eigenvalue weighted by Crippen LogP contribution is 2.65. The number of allylic oxidation sites excluding steroid dienone is 6. The van der Waals surface area contributed by atoms with Gasteiger partial charge in [-0.1, -0.05) is 83.4 Å². The van der Waals surface area contributed by atoms with Crippen LogP contribution in [-0.4, -0.2) is 0 Å². The van der Waals surface area contributed by atoms with E-state index in [4.69, 9.17) is 0 Å². The van der Waals surface area contributed by atoms with Crippen LogP contribution in [-0.2, 0) is 0 Å². The zero-order valence-corrected chi connectivity index (χ0v) is 19.4. The predicted octanol–water partition coefficient (Wildman–Crippen LogP) is 8.36. The molecule has 0 radical (unpaired) electrons. The highest BCUT2D eigenvalue weighted by atomic mass is 14.6. The number of fused-ring (bicyclic) bond motifs is 5. The molecule has 3 fully saturated rings. The maximum Gasteiger partial charge on any atom is -0.00476 e. The van der Waals surface area contributed by atoms with Gasteiger partial charge < -0.3 is 0 Å². The zero-order chi connectivity index (χ0) is 20.1. The van der Waals surface area contributed by atoms with E-state index in [1.165, 1.54) is 51.4 Å². The summed E-state index contributed by atoms with van der Waals surface area (Å²) in [7, 11) is 0. The molecular formula is C28H44. The van der Waals surface area contributed by atoms with Crippen LogP contribution in [0.5, 0.6) is 0 Å². The van der Waals surface area contributed by atoms with E-state index in [2.05, 4.69) is 65.8 Å². The van der Waals surface area contributed by atoms with Crippen LogP contribution in [0.3, 0.4) is 0 Å². The van der Waals surface area contributed by atoms with Gasteiger partial charge in [-0.05, 0) is 91.3 Å². The van der Waals surface area contributed by atoms with Crippen LogP contribution in [0.15, 0.2) is 35.5 Å². The lowest BCUT2D eigenvalue weighted by molar-refractivity contribution is 0.0575. The Kier molecular flexibility index (Phi) is 5.47. The lowest BCUT2D eigenvalue weighted by Gasteiger charge is -2.54. The van der Waals surface area contributed by atoms with Crippen LogP contribution < -0.4 is 0 Å². The lowest BCUT2D eigenvalue weighted by atomic mass is 9.50. The van der Waals surface area contributed by atoms with Crippen molar-refractivity contribution >= 4 is 0 Å². The maximum absolute atomic E-state index is 2.66. The topological polar surface area (TPSA) is 0 Å². The molecule has 4 aliphatic carbocycles. The standard InChI is InChI=1S/C28H44/c1-19(2)20(3)10-11-21(4)24-14-15-25-23-13-12-22-9-7-8-17-27(22,5)26(23)16-18-28(24,25)6/h10-13,19-21,24-26H,7-9,14-18H2,1-6H3/t20-,21+,24+,25-,26-,27-,28+/m0/s1. The minimum Gasteiger partial charge on any atom is -0.0852 e. The van der Waals surface area contributed by atoms with Crippen molar-refractivity contribution in [2.75, 3.05) is 0 Å². The molecule has 0 heterocycles. The normalized spacial score (nSPS) is 42.5. The monoisotopic (exact) mass is 380 g/mol. The Hall–Kier alpha value is -0.780. The lowest BCUT2D eigenvalue weighted by Crippen LogP contribution is -2.45. The summed E-state index contributed by atoms with van der Waals surface area (Å²) in [4.78, 5) is 0. The van der Waals surface area contributed by atoms with Crippen molar-refractivity contribution < 1.29 is 0 Å². The van der Waals surface area contributed by atoms with Crippen molar-refractivity contribution in [2.24, 2.45) is 46.3 Å². The largest absolute Gasteiger partial charge is 0.0852 e. The fourth-order valence-corrected chi connectivity index (χ4v) is 7.65. The van der Waals surface area contributed by atoms with Gasteiger partial charge in [0, 0.05) is 0 Å². The van der Waals surface area contributed by atoms with Gasteiger partial charge in [-0.3, -0.25) is 0 Å². The molecule has 7 atom stereocenters. The Balaban J connectivity index is 1.57. The van der Waals surface area contributed by atoms with Crippen LogP contribution in [0.2, 0.25) is 0 Å². The van der Waals surface area contributed by atoms with Crippen molar-refractivity contribution in [3.63, 3.8) is 0 Å². The van der Waals surface area contributed by atoms with Crippen LogP contribution in [0.25, 0.3) is 0 Å². The highest BCUT2D eigenvalue weighted by molar-refractivity contribution is 5.38. The molecule has 28 heavy (non-hydrogen) atoms. The summed E-state index contributed by atoms with van der Waals surface area (Å²) >= 11 is 0. The Labute approximate surface area is 175 Å². The fraction of sp³-hybridized carbons (Fsp3) is 0.786. The molecule has 0 N–H and O–H groups in total. The Morgan fingerprint density at radius 3 is 2.43 bits per heavy atom. The quantitative estimate of drug-likeness (QED) is 0.430. The second kappa shape index (κ2) is 7.48. The minimum atomic E-state index is 0.486. The number of hydrogen-bond donors (Lipinski definition) is 0. The SMILES string of the molecule is CC(C)[C@@H](C)C=C[C@@H](C)[C@H]1CC[C@H]2C3=CC=C4CCCC[C@]4(C)[C@H]3CC[C@]12C. The van der Waals surface area contributed by atoms with E-state index < -0.39 is 0 Å². The molecule has 4 rings (SSSR count). The summed E-state index contributed by atoms with van der Waals surface area (Å²) in [6.45, 7) is 14.8. The summed E-state index contributed by atoms with van der Waals surface area (Å²) in [6.07, 6.45) is 21.7. The Morgan fingerprint density at radius 1 is 0.893 bits per heavy atom. The fourth-order valence-electron chi connectivity index (χ4n) is 7.65. The maximum atomic E-state index is 2.66. The van der Waals surface area contributed by atoms with Crippen molar-refractivity contribution in [3.05, 3.63) is 35.5 Å². The molecule has 0 spiro atoms. The molecule has 4 aliphatic rings. The van der Waals surface area contributed by atoms with Crippen molar-refractivity contribution in [2.45, 2.75) is 92.9 Å². The molecule has 0 aliphatic heterocycles. The highest BCUT2D eigenvalue weighted by Gasteiger charge is 2.56. The molecule has 0 nitrogen and oxygen atoms in total. The number of hydrogen-bond acceptors (Lipinski definition) is 0. The number of rotatable bonds is 4. The van der Waals surface area contributed by atoms with Gasteiger partial charge in [0.05, 0.1) is 0 Å². The van der Waals surface area contributed by atoms with Crippen LogP contribution >= 0.6 is 0 Å².